The number of nitrogens with zero attached hydrogens (tertiary/aromatic N) is 2. The molecule has 0 saturated heterocycles. The van der Waals surface area contributed by atoms with Gasteiger partial charge in [0.05, 0.1) is 0 Å². The predicted molar refractivity (Wildman–Crippen MR) is 99.6 cm³/mol. The molecule has 3 amide bonds. The SMILES string of the molecule is CC(=O)Nc1cccc(N(CCC(=O)NCCCN(C)C)C(C)=O)c1. The van der Waals surface area contributed by atoms with Gasteiger partial charge in [-0.25, -0.2) is 0 Å². The van der Waals surface area contributed by atoms with Crippen molar-refractivity contribution in [3.63, 3.8) is 0 Å². The first-order chi connectivity index (χ1) is 11.8. The van der Waals surface area contributed by atoms with Gasteiger partial charge in [0.2, 0.25) is 17.7 Å². The molecule has 0 fully saturated rings. The van der Waals surface area contributed by atoms with Crippen molar-refractivity contribution < 1.29 is 14.4 Å². The lowest BCUT2D eigenvalue weighted by molar-refractivity contribution is -0.121. The standard InChI is InChI=1S/C18H28N4O3/c1-14(23)20-16-7-5-8-17(13-16)22(15(2)24)12-9-18(25)19-10-6-11-21(3)4/h5,7-8,13H,6,9-12H2,1-4H3,(H,19,25)(H,20,23). The molecule has 0 spiro atoms. The first-order valence-corrected chi connectivity index (χ1v) is 8.36. The van der Waals surface area contributed by atoms with Gasteiger partial charge in [0.15, 0.2) is 0 Å². The second-order valence-electron chi connectivity index (χ2n) is 6.16. The number of nitrogens with one attached hydrogen (secondary N) is 2. The molecule has 0 aromatic heterocycles. The van der Waals surface area contributed by atoms with E-state index < -0.39 is 0 Å². The van der Waals surface area contributed by atoms with Crippen LogP contribution in [0.3, 0.4) is 0 Å². The lowest BCUT2D eigenvalue weighted by Crippen LogP contribution is -2.34. The first kappa shape index (κ1) is 20.6. The maximum absolute atomic E-state index is 11.9. The van der Waals surface area contributed by atoms with Crippen molar-refractivity contribution in [2.45, 2.75) is 26.7 Å². The zero-order chi connectivity index (χ0) is 18.8. The molecule has 0 aliphatic carbocycles. The number of hydrogen-bond donors (Lipinski definition) is 2. The summed E-state index contributed by atoms with van der Waals surface area (Å²) in [5.74, 6) is -0.410. The van der Waals surface area contributed by atoms with Gasteiger partial charge in [-0.2, -0.15) is 0 Å². The van der Waals surface area contributed by atoms with Gasteiger partial charge >= 0.3 is 0 Å². The van der Waals surface area contributed by atoms with Crippen LogP contribution in [0.2, 0.25) is 0 Å². The molecule has 7 nitrogen and oxygen atoms in total. The summed E-state index contributed by atoms with van der Waals surface area (Å²) in [4.78, 5) is 38.6. The average molecular weight is 348 g/mol. The van der Waals surface area contributed by atoms with Crippen LogP contribution >= 0.6 is 0 Å². The van der Waals surface area contributed by atoms with Crippen LogP contribution in [0.1, 0.15) is 26.7 Å². The highest BCUT2D eigenvalue weighted by atomic mass is 16.2. The van der Waals surface area contributed by atoms with Gasteiger partial charge in [-0.1, -0.05) is 6.07 Å². The van der Waals surface area contributed by atoms with Crippen molar-refractivity contribution in [2.24, 2.45) is 0 Å². The molecule has 0 aliphatic heterocycles. The Morgan fingerprint density at radius 1 is 1.08 bits per heavy atom. The Hall–Kier alpha value is -2.41. The van der Waals surface area contributed by atoms with Crippen molar-refractivity contribution in [2.75, 3.05) is 43.9 Å². The van der Waals surface area contributed by atoms with Crippen molar-refractivity contribution in [3.05, 3.63) is 24.3 Å². The highest BCUT2D eigenvalue weighted by Gasteiger charge is 2.14. The second-order valence-corrected chi connectivity index (χ2v) is 6.16. The zero-order valence-corrected chi connectivity index (χ0v) is 15.5. The maximum Gasteiger partial charge on any atom is 0.223 e. The van der Waals surface area contributed by atoms with Crippen LogP contribution in [0.4, 0.5) is 11.4 Å². The van der Waals surface area contributed by atoms with E-state index in [1.165, 1.54) is 18.7 Å². The van der Waals surface area contributed by atoms with Gasteiger partial charge in [-0.05, 0) is 45.3 Å². The Balaban J connectivity index is 2.58. The van der Waals surface area contributed by atoms with Crippen LogP contribution in [0.15, 0.2) is 24.3 Å². The zero-order valence-electron chi connectivity index (χ0n) is 15.5. The number of hydrogen-bond acceptors (Lipinski definition) is 4. The van der Waals surface area contributed by atoms with Crippen molar-refractivity contribution in [1.29, 1.82) is 0 Å². The van der Waals surface area contributed by atoms with Crippen LogP contribution in [0.25, 0.3) is 0 Å². The summed E-state index contributed by atoms with van der Waals surface area (Å²) in [7, 11) is 3.98. The topological polar surface area (TPSA) is 81.8 Å². The van der Waals surface area contributed by atoms with Gasteiger partial charge in [0, 0.05) is 44.7 Å². The van der Waals surface area contributed by atoms with Gasteiger partial charge < -0.3 is 20.4 Å². The molecule has 0 atom stereocenters. The summed E-state index contributed by atoms with van der Waals surface area (Å²) in [5.41, 5.74) is 1.27. The van der Waals surface area contributed by atoms with E-state index in [-0.39, 0.29) is 24.1 Å². The Bertz CT molecular complexity index is 602. The van der Waals surface area contributed by atoms with E-state index in [0.29, 0.717) is 24.5 Å². The van der Waals surface area contributed by atoms with E-state index in [9.17, 15) is 14.4 Å². The van der Waals surface area contributed by atoms with Crippen LogP contribution in [-0.4, -0.2) is 56.4 Å². The fraction of sp³-hybridized carbons (Fsp3) is 0.500. The molecule has 1 aromatic carbocycles. The fourth-order valence-electron chi connectivity index (χ4n) is 2.35. The normalized spacial score (nSPS) is 10.4. The number of carbonyl (C=O) groups excluding carboxylic acids is 3. The first-order valence-electron chi connectivity index (χ1n) is 8.36. The van der Waals surface area contributed by atoms with E-state index in [2.05, 4.69) is 15.5 Å². The highest BCUT2D eigenvalue weighted by Crippen LogP contribution is 2.20. The van der Waals surface area contributed by atoms with E-state index in [0.717, 1.165) is 13.0 Å². The van der Waals surface area contributed by atoms with E-state index in [1.54, 1.807) is 24.3 Å². The average Bonchev–Trinajstić information content (AvgIpc) is 2.51. The molecule has 25 heavy (non-hydrogen) atoms. The Labute approximate surface area is 149 Å². The van der Waals surface area contributed by atoms with Crippen LogP contribution in [-0.2, 0) is 14.4 Å². The number of amides is 3. The van der Waals surface area contributed by atoms with Gasteiger partial charge in [-0.15, -0.1) is 0 Å². The minimum Gasteiger partial charge on any atom is -0.356 e. The summed E-state index contributed by atoms with van der Waals surface area (Å²) in [5, 5.41) is 5.55. The highest BCUT2D eigenvalue weighted by molar-refractivity contribution is 5.94. The Kier molecular flexibility index (Phi) is 8.63. The van der Waals surface area contributed by atoms with E-state index >= 15 is 0 Å². The maximum atomic E-state index is 11.9. The van der Waals surface area contributed by atoms with Crippen LogP contribution in [0, 0.1) is 0 Å². The number of rotatable bonds is 9. The molecule has 0 aliphatic rings. The summed E-state index contributed by atoms with van der Waals surface area (Å²) < 4.78 is 0. The molecular weight excluding hydrogens is 320 g/mol. The molecule has 7 heteroatoms. The molecule has 2 N–H and O–H groups in total. The molecule has 0 saturated carbocycles. The fourth-order valence-corrected chi connectivity index (χ4v) is 2.35. The summed E-state index contributed by atoms with van der Waals surface area (Å²) in [6.07, 6.45) is 1.11. The third-order valence-electron chi connectivity index (χ3n) is 3.53. The monoisotopic (exact) mass is 348 g/mol. The Morgan fingerprint density at radius 2 is 1.80 bits per heavy atom. The minimum absolute atomic E-state index is 0.0805. The van der Waals surface area contributed by atoms with Crippen LogP contribution in [0.5, 0.6) is 0 Å². The summed E-state index contributed by atoms with van der Waals surface area (Å²) in [6.45, 7) is 4.71. The second kappa shape index (κ2) is 10.5. The molecule has 1 aromatic rings. The summed E-state index contributed by atoms with van der Waals surface area (Å²) in [6, 6.07) is 7.01. The number of carbonyl (C=O) groups is 3. The summed E-state index contributed by atoms with van der Waals surface area (Å²) >= 11 is 0. The quantitative estimate of drug-likeness (QED) is 0.662. The van der Waals surface area contributed by atoms with E-state index in [1.807, 2.05) is 14.1 Å². The number of anilines is 2. The molecule has 0 radical (unpaired) electrons. The lowest BCUT2D eigenvalue weighted by Gasteiger charge is -2.21. The minimum atomic E-state index is -0.177. The molecule has 0 unspecified atom stereocenters. The smallest absolute Gasteiger partial charge is 0.223 e. The lowest BCUT2D eigenvalue weighted by atomic mass is 10.2. The van der Waals surface area contributed by atoms with Gasteiger partial charge in [0.1, 0.15) is 0 Å². The Morgan fingerprint density at radius 3 is 2.40 bits per heavy atom. The number of benzene rings is 1. The van der Waals surface area contributed by atoms with E-state index in [4.69, 9.17) is 0 Å². The van der Waals surface area contributed by atoms with Gasteiger partial charge in [0.25, 0.3) is 0 Å². The third-order valence-corrected chi connectivity index (χ3v) is 3.53. The third kappa shape index (κ3) is 8.30. The molecule has 138 valence electrons. The van der Waals surface area contributed by atoms with Crippen molar-refractivity contribution in [1.82, 2.24) is 10.2 Å². The van der Waals surface area contributed by atoms with Crippen molar-refractivity contribution in [3.8, 4) is 0 Å². The molecule has 1 rings (SSSR count). The van der Waals surface area contributed by atoms with Gasteiger partial charge in [-0.3, -0.25) is 14.4 Å². The van der Waals surface area contributed by atoms with Crippen molar-refractivity contribution >= 4 is 29.1 Å². The van der Waals surface area contributed by atoms with Crippen LogP contribution < -0.4 is 15.5 Å². The molecule has 0 heterocycles. The molecular formula is C18H28N4O3. The molecule has 0 bridgehead atoms. The largest absolute Gasteiger partial charge is 0.356 e. The predicted octanol–water partition coefficient (Wildman–Crippen LogP) is 1.46.